The Kier molecular flexibility index (Phi) is 7.67. The van der Waals surface area contributed by atoms with Crippen LogP contribution in [-0.4, -0.2) is 72.8 Å². The first-order valence-corrected chi connectivity index (χ1v) is 11.3. The lowest BCUT2D eigenvalue weighted by molar-refractivity contribution is -0.142. The van der Waals surface area contributed by atoms with Crippen LogP contribution in [-0.2, 0) is 16.0 Å². The van der Waals surface area contributed by atoms with Crippen molar-refractivity contribution < 1.29 is 23.8 Å². The molecule has 0 unspecified atom stereocenters. The number of benzene rings is 1. The number of para-hydroxylation sites is 1. The molecule has 31 heavy (non-hydrogen) atoms. The molecule has 0 bridgehead atoms. The summed E-state index contributed by atoms with van der Waals surface area (Å²) in [6.45, 7) is 0.447. The number of nitrogens with one attached hydrogen (secondary N) is 2. The average Bonchev–Trinajstić information content (AvgIpc) is 3.28. The second kappa shape index (κ2) is 10.4. The van der Waals surface area contributed by atoms with Crippen molar-refractivity contribution in [2.75, 3.05) is 39.9 Å². The summed E-state index contributed by atoms with van der Waals surface area (Å²) >= 11 is 1.60. The maximum atomic E-state index is 13.4. The number of thioether (sulfide) groups is 1. The van der Waals surface area contributed by atoms with Gasteiger partial charge in [-0.1, -0.05) is 12.1 Å². The first-order chi connectivity index (χ1) is 15.0. The quantitative estimate of drug-likeness (QED) is 0.597. The number of fused-ring (bicyclic) bond motifs is 1. The molecule has 9 nitrogen and oxygen atoms in total. The van der Waals surface area contributed by atoms with Gasteiger partial charge in [-0.05, 0) is 24.5 Å². The van der Waals surface area contributed by atoms with E-state index in [9.17, 15) is 9.59 Å². The van der Waals surface area contributed by atoms with Crippen molar-refractivity contribution in [3.05, 3.63) is 41.5 Å². The van der Waals surface area contributed by atoms with Gasteiger partial charge in [0.1, 0.15) is 12.1 Å². The van der Waals surface area contributed by atoms with Crippen LogP contribution in [0.4, 0.5) is 4.79 Å². The third-order valence-electron chi connectivity index (χ3n) is 5.31. The maximum absolute atomic E-state index is 13.4. The molecule has 0 spiro atoms. The summed E-state index contributed by atoms with van der Waals surface area (Å²) in [6, 6.07) is 3.96. The second-order valence-corrected chi connectivity index (χ2v) is 7.99. The van der Waals surface area contributed by atoms with Crippen molar-refractivity contribution >= 4 is 23.8 Å². The van der Waals surface area contributed by atoms with Crippen LogP contribution in [0, 0.1) is 0 Å². The smallest absolute Gasteiger partial charge is 0.328 e. The molecule has 0 saturated carbocycles. The van der Waals surface area contributed by atoms with Crippen LogP contribution < -0.4 is 14.8 Å². The van der Waals surface area contributed by atoms with E-state index in [0.717, 1.165) is 22.7 Å². The summed E-state index contributed by atoms with van der Waals surface area (Å²) in [5, 5.41) is 2.85. The number of aromatic amines is 1. The van der Waals surface area contributed by atoms with Crippen LogP contribution in [0.15, 0.2) is 24.5 Å². The molecular formula is C21H28N4O5S. The lowest BCUT2D eigenvalue weighted by Gasteiger charge is -2.36. The number of rotatable bonds is 8. The molecule has 0 radical (unpaired) electrons. The van der Waals surface area contributed by atoms with Gasteiger partial charge in [0, 0.05) is 24.2 Å². The Morgan fingerprint density at radius 1 is 1.32 bits per heavy atom. The molecule has 2 aromatic rings. The van der Waals surface area contributed by atoms with Crippen molar-refractivity contribution in [3.63, 3.8) is 0 Å². The van der Waals surface area contributed by atoms with Gasteiger partial charge in [-0.15, -0.1) is 0 Å². The minimum absolute atomic E-state index is 0.361. The third kappa shape index (κ3) is 4.73. The molecule has 0 saturated heterocycles. The third-order valence-corrected chi connectivity index (χ3v) is 5.95. The number of carbonyl (C=O) groups is 2. The van der Waals surface area contributed by atoms with Gasteiger partial charge >= 0.3 is 12.0 Å². The van der Waals surface area contributed by atoms with Crippen LogP contribution in [0.2, 0.25) is 0 Å². The number of carbonyl (C=O) groups excluding carboxylic acids is 2. The molecule has 2 heterocycles. The number of hydrogen-bond donors (Lipinski definition) is 2. The van der Waals surface area contributed by atoms with Gasteiger partial charge in [0.25, 0.3) is 0 Å². The predicted octanol–water partition coefficient (Wildman–Crippen LogP) is 2.38. The summed E-state index contributed by atoms with van der Waals surface area (Å²) in [6.07, 6.45) is 4.68. The number of hydrogen-bond acceptors (Lipinski definition) is 7. The molecule has 2 amide bonds. The minimum atomic E-state index is -0.724. The zero-order chi connectivity index (χ0) is 22.4. The van der Waals surface area contributed by atoms with Crippen molar-refractivity contribution in [2.24, 2.45) is 0 Å². The maximum Gasteiger partial charge on any atom is 0.328 e. The van der Waals surface area contributed by atoms with E-state index in [1.807, 2.05) is 18.4 Å². The molecule has 3 rings (SSSR count). The molecule has 10 heteroatoms. The second-order valence-electron chi connectivity index (χ2n) is 7.00. The Morgan fingerprint density at radius 3 is 2.81 bits per heavy atom. The molecule has 1 aromatic heterocycles. The number of nitrogens with zero attached hydrogens (tertiary/aromatic N) is 2. The van der Waals surface area contributed by atoms with Gasteiger partial charge in [-0.3, -0.25) is 0 Å². The summed E-state index contributed by atoms with van der Waals surface area (Å²) in [5.74, 6) is 1.36. The molecular weight excluding hydrogens is 420 g/mol. The number of esters is 1. The molecule has 1 aliphatic rings. The number of aromatic nitrogens is 2. The number of amides is 2. The summed E-state index contributed by atoms with van der Waals surface area (Å²) in [5.41, 5.74) is 2.46. The van der Waals surface area contributed by atoms with Gasteiger partial charge in [0.05, 0.1) is 33.4 Å². The zero-order valence-corrected chi connectivity index (χ0v) is 19.0. The van der Waals surface area contributed by atoms with E-state index >= 15 is 0 Å². The van der Waals surface area contributed by atoms with Gasteiger partial charge in [-0.2, -0.15) is 11.8 Å². The van der Waals surface area contributed by atoms with Crippen LogP contribution in [0.3, 0.4) is 0 Å². The van der Waals surface area contributed by atoms with Gasteiger partial charge in [-0.25, -0.2) is 14.6 Å². The lowest BCUT2D eigenvalue weighted by atomic mass is 9.94. The Balaban J connectivity index is 1.98. The molecule has 0 fully saturated rings. The standard InChI is InChI=1S/C21H28N4O5S/c1-28-16-7-5-6-13(19(16)29-2)18-17-14(22-12-23-17)8-10-25(18)21(27)24-15(9-11-31-4)20(26)30-3/h5-7,12,15,18H,8-11H2,1-4H3,(H,22,23)(H,24,27)/t15-,18-/m1/s1. The highest BCUT2D eigenvalue weighted by Crippen LogP contribution is 2.42. The molecule has 1 aromatic carbocycles. The first kappa shape index (κ1) is 22.8. The Labute approximate surface area is 185 Å². The zero-order valence-electron chi connectivity index (χ0n) is 18.1. The molecule has 2 N–H and O–H groups in total. The highest BCUT2D eigenvalue weighted by Gasteiger charge is 2.37. The van der Waals surface area contributed by atoms with Crippen LogP contribution in [0.5, 0.6) is 11.5 Å². The van der Waals surface area contributed by atoms with Gasteiger partial charge in [0.2, 0.25) is 0 Å². The summed E-state index contributed by atoms with van der Waals surface area (Å²) in [4.78, 5) is 34.9. The SMILES string of the molecule is COC(=O)[C@@H](CCSC)NC(=O)N1CCc2[nH]cnc2[C@H]1c1cccc(OC)c1OC. The van der Waals surface area contributed by atoms with E-state index in [4.69, 9.17) is 14.2 Å². The lowest BCUT2D eigenvalue weighted by Crippen LogP contribution is -2.51. The summed E-state index contributed by atoms with van der Waals surface area (Å²) < 4.78 is 16.0. The molecule has 2 atom stereocenters. The topological polar surface area (TPSA) is 106 Å². The van der Waals surface area contributed by atoms with Crippen LogP contribution >= 0.6 is 11.8 Å². The minimum Gasteiger partial charge on any atom is -0.493 e. The monoisotopic (exact) mass is 448 g/mol. The van der Waals surface area contributed by atoms with Gasteiger partial charge in [0.15, 0.2) is 11.5 Å². The van der Waals surface area contributed by atoms with E-state index in [1.54, 1.807) is 43.3 Å². The fourth-order valence-corrected chi connectivity index (χ4v) is 4.27. The van der Waals surface area contributed by atoms with E-state index in [2.05, 4.69) is 15.3 Å². The van der Waals surface area contributed by atoms with E-state index in [0.29, 0.717) is 30.9 Å². The summed E-state index contributed by atoms with van der Waals surface area (Å²) in [7, 11) is 4.46. The number of H-pyrrole nitrogens is 1. The van der Waals surface area contributed by atoms with Crippen LogP contribution in [0.1, 0.15) is 29.4 Å². The molecule has 0 aliphatic carbocycles. The Hall–Kier alpha value is -2.88. The van der Waals surface area contributed by atoms with Crippen LogP contribution in [0.25, 0.3) is 0 Å². The Morgan fingerprint density at radius 2 is 2.13 bits per heavy atom. The number of imidazole rings is 1. The van der Waals surface area contributed by atoms with Gasteiger partial charge < -0.3 is 29.4 Å². The normalized spacial score (nSPS) is 16.3. The van der Waals surface area contributed by atoms with E-state index in [1.165, 1.54) is 7.11 Å². The van der Waals surface area contributed by atoms with Crippen molar-refractivity contribution in [1.29, 1.82) is 0 Å². The van der Waals surface area contributed by atoms with E-state index < -0.39 is 18.1 Å². The highest BCUT2D eigenvalue weighted by molar-refractivity contribution is 7.98. The number of methoxy groups -OCH3 is 3. The molecule has 168 valence electrons. The fraction of sp³-hybridized carbons (Fsp3) is 0.476. The first-order valence-electron chi connectivity index (χ1n) is 9.92. The highest BCUT2D eigenvalue weighted by atomic mass is 32.2. The van der Waals surface area contributed by atoms with Crippen molar-refractivity contribution in [2.45, 2.75) is 24.9 Å². The largest absolute Gasteiger partial charge is 0.493 e. The van der Waals surface area contributed by atoms with Crippen molar-refractivity contribution in [1.82, 2.24) is 20.2 Å². The molecule has 1 aliphatic heterocycles. The Bertz CT molecular complexity index is 919. The fourth-order valence-electron chi connectivity index (χ4n) is 3.80. The number of urea groups is 1. The predicted molar refractivity (Wildman–Crippen MR) is 118 cm³/mol. The average molecular weight is 449 g/mol. The number of ether oxygens (including phenoxy) is 3. The van der Waals surface area contributed by atoms with Crippen molar-refractivity contribution in [3.8, 4) is 11.5 Å². The van der Waals surface area contributed by atoms with E-state index in [-0.39, 0.29) is 6.03 Å².